The number of carbonyl (C=O) groups is 1. The molecule has 3 aromatic rings. The number of aromatic nitrogens is 4. The molecular formula is C16H16ClN5O2. The molecule has 0 spiro atoms. The van der Waals surface area contributed by atoms with Crippen LogP contribution in [0.5, 0.6) is 0 Å². The number of esters is 1. The quantitative estimate of drug-likeness (QED) is 0.546. The summed E-state index contributed by atoms with van der Waals surface area (Å²) in [7, 11) is 0. The third-order valence-corrected chi connectivity index (χ3v) is 3.57. The number of hydrogen-bond donors (Lipinski definition) is 1. The van der Waals surface area contributed by atoms with Crippen molar-refractivity contribution in [1.82, 2.24) is 19.5 Å². The van der Waals surface area contributed by atoms with E-state index in [2.05, 4.69) is 20.3 Å². The Balaban J connectivity index is 1.98. The molecule has 0 saturated carbocycles. The highest BCUT2D eigenvalue weighted by atomic mass is 35.5. The van der Waals surface area contributed by atoms with Crippen LogP contribution in [-0.4, -0.2) is 38.0 Å². The molecule has 0 aliphatic heterocycles. The Morgan fingerprint density at radius 2 is 2.12 bits per heavy atom. The van der Waals surface area contributed by atoms with Crippen molar-refractivity contribution in [1.29, 1.82) is 0 Å². The molecule has 2 aromatic heterocycles. The van der Waals surface area contributed by atoms with Crippen LogP contribution in [0.15, 0.2) is 36.9 Å². The van der Waals surface area contributed by atoms with E-state index in [1.54, 1.807) is 31.5 Å². The number of aryl methyl sites for hydroxylation is 1. The van der Waals surface area contributed by atoms with Gasteiger partial charge < -0.3 is 14.6 Å². The lowest BCUT2D eigenvalue weighted by Crippen LogP contribution is -2.08. The first-order chi connectivity index (χ1) is 11.7. The minimum atomic E-state index is -0.390. The molecule has 124 valence electrons. The van der Waals surface area contributed by atoms with Crippen LogP contribution < -0.4 is 5.32 Å². The van der Waals surface area contributed by atoms with Gasteiger partial charge in [0.15, 0.2) is 17.0 Å². The first kappa shape index (κ1) is 16.2. The summed E-state index contributed by atoms with van der Waals surface area (Å²) in [6.45, 7) is 2.69. The smallest absolute Gasteiger partial charge is 0.340 e. The molecule has 0 aliphatic rings. The third kappa shape index (κ3) is 3.16. The first-order valence-corrected chi connectivity index (χ1v) is 8.03. The second-order valence-corrected chi connectivity index (χ2v) is 5.29. The summed E-state index contributed by atoms with van der Waals surface area (Å²) in [5, 5.41) is 3.15. The standard InChI is InChI=1S/C16H16ClN5O2/c1-2-24-16(23)11-5-3-4-6-12(11)21-14-13-15(19-9-18-14)22(8-7-17)10-20-13/h3-6,9-10H,2,7-8H2,1H3,(H,18,19,21). The van der Waals surface area contributed by atoms with Crippen LogP contribution in [-0.2, 0) is 11.3 Å². The predicted molar refractivity (Wildman–Crippen MR) is 91.7 cm³/mol. The molecule has 1 N–H and O–H groups in total. The van der Waals surface area contributed by atoms with Crippen molar-refractivity contribution in [2.75, 3.05) is 17.8 Å². The van der Waals surface area contributed by atoms with Crippen molar-refractivity contribution in [3.05, 3.63) is 42.5 Å². The van der Waals surface area contributed by atoms with Gasteiger partial charge in [-0.15, -0.1) is 11.6 Å². The van der Waals surface area contributed by atoms with Crippen LogP contribution in [0.4, 0.5) is 11.5 Å². The van der Waals surface area contributed by atoms with E-state index in [9.17, 15) is 4.79 Å². The van der Waals surface area contributed by atoms with E-state index in [0.29, 0.717) is 47.3 Å². The Morgan fingerprint density at radius 1 is 1.29 bits per heavy atom. The van der Waals surface area contributed by atoms with E-state index >= 15 is 0 Å². The fourth-order valence-corrected chi connectivity index (χ4v) is 2.52. The molecule has 24 heavy (non-hydrogen) atoms. The monoisotopic (exact) mass is 345 g/mol. The lowest BCUT2D eigenvalue weighted by Gasteiger charge is -2.11. The molecule has 1 aromatic carbocycles. The van der Waals surface area contributed by atoms with Gasteiger partial charge in [-0.25, -0.2) is 19.7 Å². The number of alkyl halides is 1. The molecule has 0 saturated heterocycles. The van der Waals surface area contributed by atoms with Gasteiger partial charge in [-0.2, -0.15) is 0 Å². The SMILES string of the molecule is CCOC(=O)c1ccccc1Nc1ncnc2c1ncn2CCCl. The molecule has 8 heteroatoms. The minimum absolute atomic E-state index is 0.313. The highest BCUT2D eigenvalue weighted by molar-refractivity contribution is 6.17. The normalized spacial score (nSPS) is 10.8. The largest absolute Gasteiger partial charge is 0.462 e. The molecule has 0 radical (unpaired) electrons. The maximum absolute atomic E-state index is 12.1. The van der Waals surface area contributed by atoms with Gasteiger partial charge in [0.2, 0.25) is 0 Å². The van der Waals surface area contributed by atoms with Crippen molar-refractivity contribution in [2.45, 2.75) is 13.5 Å². The summed E-state index contributed by atoms with van der Waals surface area (Å²) < 4.78 is 6.94. The number of hydrogen-bond acceptors (Lipinski definition) is 6. The molecule has 0 atom stereocenters. The summed E-state index contributed by atoms with van der Waals surface area (Å²) >= 11 is 5.79. The minimum Gasteiger partial charge on any atom is -0.462 e. The summed E-state index contributed by atoms with van der Waals surface area (Å²) in [6.07, 6.45) is 3.12. The van der Waals surface area contributed by atoms with Gasteiger partial charge >= 0.3 is 5.97 Å². The summed E-state index contributed by atoms with van der Waals surface area (Å²) in [5.74, 6) is 0.591. The number of ether oxygens (including phenoxy) is 1. The van der Waals surface area contributed by atoms with Crippen LogP contribution >= 0.6 is 11.6 Å². The molecule has 2 heterocycles. The molecule has 0 fully saturated rings. The van der Waals surface area contributed by atoms with Gasteiger partial charge in [0.25, 0.3) is 0 Å². The number of halogens is 1. The van der Waals surface area contributed by atoms with Gasteiger partial charge in [-0.3, -0.25) is 0 Å². The Morgan fingerprint density at radius 3 is 2.92 bits per heavy atom. The number of para-hydroxylation sites is 1. The molecular weight excluding hydrogens is 330 g/mol. The number of carbonyl (C=O) groups excluding carboxylic acids is 1. The summed E-state index contributed by atoms with van der Waals surface area (Å²) in [5.41, 5.74) is 2.33. The fourth-order valence-electron chi connectivity index (χ4n) is 2.33. The second kappa shape index (κ2) is 7.27. The number of anilines is 2. The number of fused-ring (bicyclic) bond motifs is 1. The second-order valence-electron chi connectivity index (χ2n) is 4.91. The number of nitrogens with one attached hydrogen (secondary N) is 1. The highest BCUT2D eigenvalue weighted by Gasteiger charge is 2.15. The number of benzene rings is 1. The van der Waals surface area contributed by atoms with Crippen molar-refractivity contribution in [2.24, 2.45) is 0 Å². The lowest BCUT2D eigenvalue weighted by atomic mass is 10.2. The molecule has 7 nitrogen and oxygen atoms in total. The molecule has 0 unspecified atom stereocenters. The Bertz CT molecular complexity index is 865. The summed E-state index contributed by atoms with van der Waals surface area (Å²) in [6, 6.07) is 7.10. The summed E-state index contributed by atoms with van der Waals surface area (Å²) in [4.78, 5) is 24.9. The van der Waals surface area contributed by atoms with Crippen molar-refractivity contribution in [3.8, 4) is 0 Å². The van der Waals surface area contributed by atoms with Crippen molar-refractivity contribution >= 4 is 40.2 Å². The molecule has 0 aliphatic carbocycles. The predicted octanol–water partition coefficient (Wildman–Crippen LogP) is 2.99. The van der Waals surface area contributed by atoms with Gasteiger partial charge in [0.1, 0.15) is 6.33 Å². The molecule has 0 amide bonds. The highest BCUT2D eigenvalue weighted by Crippen LogP contribution is 2.24. The maximum Gasteiger partial charge on any atom is 0.340 e. The number of rotatable bonds is 6. The van der Waals surface area contributed by atoms with E-state index in [-0.39, 0.29) is 0 Å². The van der Waals surface area contributed by atoms with Gasteiger partial charge in [-0.05, 0) is 19.1 Å². The van der Waals surface area contributed by atoms with E-state index in [1.165, 1.54) is 6.33 Å². The van der Waals surface area contributed by atoms with Crippen molar-refractivity contribution in [3.63, 3.8) is 0 Å². The van der Waals surface area contributed by atoms with Crippen LogP contribution in [0.1, 0.15) is 17.3 Å². The van der Waals surface area contributed by atoms with E-state index < -0.39 is 5.97 Å². The fraction of sp³-hybridized carbons (Fsp3) is 0.250. The Hall–Kier alpha value is -2.67. The van der Waals surface area contributed by atoms with Gasteiger partial charge in [0.05, 0.1) is 24.2 Å². The Kier molecular flexibility index (Phi) is 4.90. The van der Waals surface area contributed by atoms with Crippen LogP contribution in [0, 0.1) is 0 Å². The van der Waals surface area contributed by atoms with E-state index in [1.807, 2.05) is 10.6 Å². The Labute approximate surface area is 143 Å². The first-order valence-electron chi connectivity index (χ1n) is 7.49. The zero-order chi connectivity index (χ0) is 16.9. The number of imidazole rings is 1. The topological polar surface area (TPSA) is 81.9 Å². The van der Waals surface area contributed by atoms with Crippen molar-refractivity contribution < 1.29 is 9.53 Å². The average molecular weight is 346 g/mol. The van der Waals surface area contributed by atoms with E-state index in [0.717, 1.165) is 0 Å². The zero-order valence-corrected chi connectivity index (χ0v) is 13.8. The van der Waals surface area contributed by atoms with Crippen LogP contribution in [0.25, 0.3) is 11.2 Å². The lowest BCUT2D eigenvalue weighted by molar-refractivity contribution is 0.0527. The zero-order valence-electron chi connectivity index (χ0n) is 13.1. The van der Waals surface area contributed by atoms with Crippen LogP contribution in [0.3, 0.4) is 0 Å². The third-order valence-electron chi connectivity index (χ3n) is 3.40. The maximum atomic E-state index is 12.1. The average Bonchev–Trinajstić information content (AvgIpc) is 3.00. The van der Waals surface area contributed by atoms with Crippen LogP contribution in [0.2, 0.25) is 0 Å². The van der Waals surface area contributed by atoms with Gasteiger partial charge in [-0.1, -0.05) is 12.1 Å². The molecule has 3 rings (SSSR count). The number of nitrogens with zero attached hydrogens (tertiary/aromatic N) is 4. The molecule has 0 bridgehead atoms. The van der Waals surface area contributed by atoms with E-state index in [4.69, 9.17) is 16.3 Å². The van der Waals surface area contributed by atoms with Gasteiger partial charge in [0, 0.05) is 12.4 Å².